The fourth-order valence-corrected chi connectivity index (χ4v) is 2.21. The molecule has 0 radical (unpaired) electrons. The Kier molecular flexibility index (Phi) is 7.70. The molecule has 0 N–H and O–H groups in total. The highest BCUT2D eigenvalue weighted by molar-refractivity contribution is 8.03. The zero-order valence-corrected chi connectivity index (χ0v) is 13.5. The monoisotopic (exact) mass is 336 g/mol. The van der Waals surface area contributed by atoms with E-state index in [2.05, 4.69) is 9.99 Å². The Labute approximate surface area is 126 Å². The van der Waals surface area contributed by atoms with Crippen molar-refractivity contribution in [2.75, 3.05) is 13.7 Å². The Balaban J connectivity index is 4.22. The molecule has 0 heterocycles. The van der Waals surface area contributed by atoms with Crippen molar-refractivity contribution in [2.45, 2.75) is 29.5 Å². The first-order chi connectivity index (χ1) is 8.07. The van der Waals surface area contributed by atoms with Crippen molar-refractivity contribution in [1.82, 2.24) is 4.31 Å². The normalized spacial score (nSPS) is 12.8. The predicted molar refractivity (Wildman–Crippen MR) is 76.3 cm³/mol. The van der Waals surface area contributed by atoms with Crippen LogP contribution in [0.5, 0.6) is 0 Å². The Morgan fingerprint density at radius 3 is 2.44 bits per heavy atom. The molecule has 0 fully saturated rings. The summed E-state index contributed by atoms with van der Waals surface area (Å²) in [5.41, 5.74) is -0.615. The number of nitrogens with zero attached hydrogens (tertiary/aromatic N) is 2. The molecule has 0 aromatic rings. The van der Waals surface area contributed by atoms with Gasteiger partial charge in [0.1, 0.15) is 5.60 Å². The minimum Gasteiger partial charge on any atom is -0.370 e. The van der Waals surface area contributed by atoms with Gasteiger partial charge in [-0.1, -0.05) is 40.0 Å². The molecular formula is C9H15Cl3N2O3S. The summed E-state index contributed by atoms with van der Waals surface area (Å²) in [7, 11) is 1.40. The maximum atomic E-state index is 11.4. The summed E-state index contributed by atoms with van der Waals surface area (Å²) in [6.07, 6.45) is 0.622. The molecular weight excluding hydrogens is 323 g/mol. The largest absolute Gasteiger partial charge is 0.445 e. The SMILES string of the molecule is CCOC(C)(C)/C=N/OC(=O)N(C)SC(Cl)(Cl)Cl. The van der Waals surface area contributed by atoms with Gasteiger partial charge in [0.15, 0.2) is 0 Å². The zero-order chi connectivity index (χ0) is 14.4. The van der Waals surface area contributed by atoms with Crippen molar-refractivity contribution in [3.8, 4) is 0 Å². The Bertz CT molecular complexity index is 308. The van der Waals surface area contributed by atoms with Gasteiger partial charge in [-0.2, -0.15) is 0 Å². The van der Waals surface area contributed by atoms with Crippen LogP contribution in [0.4, 0.5) is 4.79 Å². The van der Waals surface area contributed by atoms with Gasteiger partial charge >= 0.3 is 6.09 Å². The van der Waals surface area contributed by atoms with Gasteiger partial charge in [-0.15, -0.1) is 0 Å². The van der Waals surface area contributed by atoms with Crippen LogP contribution in [0.25, 0.3) is 0 Å². The molecule has 0 bridgehead atoms. The number of oxime groups is 1. The van der Waals surface area contributed by atoms with Crippen LogP contribution >= 0.6 is 46.8 Å². The van der Waals surface area contributed by atoms with E-state index in [0.717, 1.165) is 4.31 Å². The smallest absolute Gasteiger partial charge is 0.370 e. The van der Waals surface area contributed by atoms with Crippen LogP contribution in [0.1, 0.15) is 20.8 Å². The minimum atomic E-state index is -1.64. The molecule has 0 aromatic carbocycles. The first kappa shape index (κ1) is 18.1. The van der Waals surface area contributed by atoms with E-state index >= 15 is 0 Å². The molecule has 9 heteroatoms. The summed E-state index contributed by atoms with van der Waals surface area (Å²) in [6.45, 7) is 5.95. The quantitative estimate of drug-likeness (QED) is 0.251. The average molecular weight is 338 g/mol. The topological polar surface area (TPSA) is 51.1 Å². The van der Waals surface area contributed by atoms with Gasteiger partial charge in [0.25, 0.3) is 3.12 Å². The van der Waals surface area contributed by atoms with E-state index in [-0.39, 0.29) is 0 Å². The fourth-order valence-electron chi connectivity index (χ4n) is 0.858. The molecule has 0 rings (SSSR count). The van der Waals surface area contributed by atoms with Crippen molar-refractivity contribution in [2.24, 2.45) is 5.16 Å². The van der Waals surface area contributed by atoms with Gasteiger partial charge in [0, 0.05) is 25.6 Å². The molecule has 0 aliphatic heterocycles. The number of alkyl halides is 3. The van der Waals surface area contributed by atoms with Crippen molar-refractivity contribution < 1.29 is 14.4 Å². The van der Waals surface area contributed by atoms with Crippen LogP contribution < -0.4 is 0 Å². The van der Waals surface area contributed by atoms with E-state index < -0.39 is 14.8 Å². The van der Waals surface area contributed by atoms with E-state index in [1.807, 2.05) is 6.92 Å². The minimum absolute atomic E-state index is 0.524. The first-order valence-corrected chi connectivity index (χ1v) is 6.87. The number of hydrogen-bond acceptors (Lipinski definition) is 5. The van der Waals surface area contributed by atoms with Gasteiger partial charge in [0.05, 0.1) is 6.21 Å². The summed E-state index contributed by atoms with van der Waals surface area (Å²) in [6, 6.07) is 0. The van der Waals surface area contributed by atoms with Crippen molar-refractivity contribution in [1.29, 1.82) is 0 Å². The number of carbonyl (C=O) groups excluding carboxylic acids is 1. The van der Waals surface area contributed by atoms with Crippen molar-refractivity contribution in [3.05, 3.63) is 0 Å². The van der Waals surface area contributed by atoms with E-state index in [0.29, 0.717) is 18.6 Å². The van der Waals surface area contributed by atoms with Gasteiger partial charge in [-0.3, -0.25) is 4.84 Å². The van der Waals surface area contributed by atoms with E-state index in [1.165, 1.54) is 13.3 Å². The highest BCUT2D eigenvalue weighted by Crippen LogP contribution is 2.40. The number of halogens is 3. The molecule has 0 spiro atoms. The second-order valence-corrected chi connectivity index (χ2v) is 7.96. The molecule has 0 saturated heterocycles. The lowest BCUT2D eigenvalue weighted by atomic mass is 10.2. The molecule has 0 atom stereocenters. The van der Waals surface area contributed by atoms with E-state index in [9.17, 15) is 4.79 Å². The zero-order valence-electron chi connectivity index (χ0n) is 10.4. The molecule has 1 amide bonds. The Morgan fingerprint density at radius 1 is 1.44 bits per heavy atom. The molecule has 0 aromatic heterocycles. The van der Waals surface area contributed by atoms with E-state index in [1.54, 1.807) is 13.8 Å². The van der Waals surface area contributed by atoms with Gasteiger partial charge in [0.2, 0.25) is 0 Å². The van der Waals surface area contributed by atoms with Crippen LogP contribution in [-0.4, -0.2) is 39.0 Å². The molecule has 0 unspecified atom stereocenters. The lowest BCUT2D eigenvalue weighted by Crippen LogP contribution is -2.27. The highest BCUT2D eigenvalue weighted by Gasteiger charge is 2.27. The lowest BCUT2D eigenvalue weighted by Gasteiger charge is -2.19. The van der Waals surface area contributed by atoms with Crippen LogP contribution in [0, 0.1) is 0 Å². The summed E-state index contributed by atoms with van der Waals surface area (Å²) in [5, 5.41) is 3.53. The molecule has 106 valence electrons. The fraction of sp³-hybridized carbons (Fsp3) is 0.778. The third-order valence-electron chi connectivity index (χ3n) is 1.51. The summed E-state index contributed by atoms with van der Waals surface area (Å²) in [4.78, 5) is 16.0. The van der Waals surface area contributed by atoms with Crippen LogP contribution in [0.3, 0.4) is 0 Å². The Morgan fingerprint density at radius 2 is 2.00 bits per heavy atom. The number of rotatable bonds is 5. The summed E-state index contributed by atoms with van der Waals surface area (Å²) >= 11 is 17.2. The Hall–Kier alpha value is 0.120. The number of hydrogen-bond donors (Lipinski definition) is 0. The van der Waals surface area contributed by atoms with Crippen LogP contribution in [-0.2, 0) is 9.57 Å². The van der Waals surface area contributed by atoms with Gasteiger partial charge < -0.3 is 4.74 Å². The molecule has 0 aliphatic rings. The molecule has 0 aliphatic carbocycles. The predicted octanol–water partition coefficient (Wildman–Crippen LogP) is 3.83. The maximum Gasteiger partial charge on any atom is 0.445 e. The second kappa shape index (κ2) is 7.65. The van der Waals surface area contributed by atoms with Crippen LogP contribution in [0.2, 0.25) is 0 Å². The van der Waals surface area contributed by atoms with Gasteiger partial charge in [-0.25, -0.2) is 9.10 Å². The van der Waals surface area contributed by atoms with E-state index in [4.69, 9.17) is 39.5 Å². The summed E-state index contributed by atoms with van der Waals surface area (Å²) < 4.78 is 4.72. The highest BCUT2D eigenvalue weighted by atomic mass is 35.6. The van der Waals surface area contributed by atoms with Crippen molar-refractivity contribution >= 4 is 59.1 Å². The second-order valence-electron chi connectivity index (χ2n) is 3.66. The van der Waals surface area contributed by atoms with Gasteiger partial charge in [-0.05, 0) is 20.8 Å². The number of amides is 1. The lowest BCUT2D eigenvalue weighted by molar-refractivity contribution is 0.0449. The number of carbonyl (C=O) groups is 1. The molecule has 0 saturated carbocycles. The summed E-state index contributed by atoms with van der Waals surface area (Å²) in [5.74, 6) is 0. The third-order valence-corrected chi connectivity index (χ3v) is 2.76. The average Bonchev–Trinajstić information content (AvgIpc) is 2.14. The molecule has 5 nitrogen and oxygen atoms in total. The van der Waals surface area contributed by atoms with Crippen molar-refractivity contribution in [3.63, 3.8) is 0 Å². The number of ether oxygens (including phenoxy) is 1. The maximum absolute atomic E-state index is 11.4. The standard InChI is InChI=1S/C9H15Cl3N2O3S/c1-5-16-8(2,3)6-13-17-7(15)14(4)18-9(10,11)12/h6H,5H2,1-4H3/b13-6+. The third kappa shape index (κ3) is 9.10. The van der Waals surface area contributed by atoms with Crippen LogP contribution in [0.15, 0.2) is 5.16 Å². The first-order valence-electron chi connectivity index (χ1n) is 4.96. The molecule has 18 heavy (non-hydrogen) atoms.